The highest BCUT2D eigenvalue weighted by Gasteiger charge is 2.26. The van der Waals surface area contributed by atoms with Crippen LogP contribution in [0.2, 0.25) is 0 Å². The summed E-state index contributed by atoms with van der Waals surface area (Å²) < 4.78 is 8.31. The molecular weight excluding hydrogens is 392 g/mol. The Morgan fingerprint density at radius 3 is 2.75 bits per heavy atom. The van der Waals surface area contributed by atoms with Crippen molar-refractivity contribution in [2.24, 2.45) is 0 Å². The van der Waals surface area contributed by atoms with Crippen molar-refractivity contribution in [3.63, 3.8) is 0 Å². The molecule has 1 aliphatic rings. The van der Waals surface area contributed by atoms with Gasteiger partial charge in [0.2, 0.25) is 0 Å². The number of rotatable bonds is 6. The fourth-order valence-electron chi connectivity index (χ4n) is 2.45. The zero-order valence-electron chi connectivity index (χ0n) is 14.3. The standard InChI is InChI=1S/C16H23BrN4O2S/c1-24(2,3)8-7-23-11-21-10-12(16(22)20-5-4-6-20)14-15(21)18-9-13(17)19-14/h9-10H,4-8,11H2,1-3H3. The number of likely N-dealkylation sites (tertiary alicyclic amines) is 1. The van der Waals surface area contributed by atoms with E-state index in [1.165, 1.54) is 0 Å². The average molecular weight is 415 g/mol. The number of ether oxygens (including phenoxy) is 1. The van der Waals surface area contributed by atoms with Crippen LogP contribution in [0.1, 0.15) is 16.8 Å². The molecule has 0 spiro atoms. The van der Waals surface area contributed by atoms with Gasteiger partial charge in [0.05, 0.1) is 18.4 Å². The summed E-state index contributed by atoms with van der Waals surface area (Å²) in [6.45, 7) is 2.73. The van der Waals surface area contributed by atoms with Gasteiger partial charge in [-0.2, -0.15) is 0 Å². The maximum absolute atomic E-state index is 12.6. The second-order valence-corrected chi connectivity index (χ2v) is 12.3. The summed E-state index contributed by atoms with van der Waals surface area (Å²) in [6.07, 6.45) is 11.4. The summed E-state index contributed by atoms with van der Waals surface area (Å²) in [6, 6.07) is 0. The van der Waals surface area contributed by atoms with Gasteiger partial charge in [-0.15, -0.1) is 0 Å². The van der Waals surface area contributed by atoms with E-state index in [1.807, 2.05) is 15.7 Å². The summed E-state index contributed by atoms with van der Waals surface area (Å²) in [4.78, 5) is 23.3. The molecule has 2 aromatic rings. The molecule has 3 heterocycles. The largest absolute Gasteiger partial charge is 0.360 e. The minimum atomic E-state index is -0.571. The van der Waals surface area contributed by atoms with Gasteiger partial charge in [0.15, 0.2) is 5.65 Å². The van der Waals surface area contributed by atoms with Gasteiger partial charge in [-0.05, 0) is 41.1 Å². The molecule has 24 heavy (non-hydrogen) atoms. The van der Waals surface area contributed by atoms with Crippen molar-refractivity contribution < 1.29 is 9.53 Å². The Labute approximate surface area is 152 Å². The van der Waals surface area contributed by atoms with E-state index in [0.717, 1.165) is 25.3 Å². The molecule has 1 aliphatic heterocycles. The molecule has 0 aromatic carbocycles. The molecule has 8 heteroatoms. The molecule has 132 valence electrons. The number of aromatic nitrogens is 3. The maximum Gasteiger partial charge on any atom is 0.257 e. The van der Waals surface area contributed by atoms with Gasteiger partial charge in [0, 0.05) is 25.0 Å². The zero-order valence-corrected chi connectivity index (χ0v) is 16.7. The number of amides is 1. The van der Waals surface area contributed by atoms with E-state index in [1.54, 1.807) is 6.20 Å². The van der Waals surface area contributed by atoms with E-state index in [4.69, 9.17) is 4.74 Å². The molecule has 0 atom stereocenters. The van der Waals surface area contributed by atoms with Crippen LogP contribution in [0.4, 0.5) is 0 Å². The first-order valence-electron chi connectivity index (χ1n) is 7.89. The van der Waals surface area contributed by atoms with Gasteiger partial charge < -0.3 is 14.2 Å². The fraction of sp³-hybridized carbons (Fsp3) is 0.562. The summed E-state index contributed by atoms with van der Waals surface area (Å²) in [7, 11) is -0.571. The minimum absolute atomic E-state index is 0.0246. The van der Waals surface area contributed by atoms with Gasteiger partial charge in [0.1, 0.15) is 16.9 Å². The van der Waals surface area contributed by atoms with Crippen LogP contribution in [0.3, 0.4) is 0 Å². The first-order chi connectivity index (χ1) is 11.3. The Bertz CT molecular complexity index is 752. The average Bonchev–Trinajstić information content (AvgIpc) is 2.78. The minimum Gasteiger partial charge on any atom is -0.360 e. The highest BCUT2D eigenvalue weighted by atomic mass is 79.9. The van der Waals surface area contributed by atoms with Gasteiger partial charge in [-0.3, -0.25) is 4.79 Å². The van der Waals surface area contributed by atoms with E-state index in [0.29, 0.717) is 34.7 Å². The molecule has 2 aromatic heterocycles. The molecule has 0 unspecified atom stereocenters. The Hall–Kier alpha value is -1.12. The molecule has 1 amide bonds. The highest BCUT2D eigenvalue weighted by Crippen LogP contribution is 2.33. The van der Waals surface area contributed by atoms with Crippen LogP contribution in [0.25, 0.3) is 11.2 Å². The monoisotopic (exact) mass is 414 g/mol. The topological polar surface area (TPSA) is 60.2 Å². The first kappa shape index (κ1) is 17.7. The Kier molecular flexibility index (Phi) is 5.17. The lowest BCUT2D eigenvalue weighted by Crippen LogP contribution is -2.42. The van der Waals surface area contributed by atoms with E-state index in [-0.39, 0.29) is 5.91 Å². The number of carbonyl (C=O) groups excluding carboxylic acids is 1. The van der Waals surface area contributed by atoms with Gasteiger partial charge in [0.25, 0.3) is 5.91 Å². The highest BCUT2D eigenvalue weighted by molar-refractivity contribution is 9.10. The normalized spacial score (nSPS) is 15.6. The van der Waals surface area contributed by atoms with E-state index in [2.05, 4.69) is 44.7 Å². The molecule has 0 bridgehead atoms. The number of hydrogen-bond acceptors (Lipinski definition) is 4. The summed E-state index contributed by atoms with van der Waals surface area (Å²) in [5, 5.41) is 0. The van der Waals surface area contributed by atoms with Crippen LogP contribution in [0.5, 0.6) is 0 Å². The molecule has 6 nitrogen and oxygen atoms in total. The number of hydrogen-bond donors (Lipinski definition) is 0. The smallest absolute Gasteiger partial charge is 0.257 e. The third kappa shape index (κ3) is 3.92. The van der Waals surface area contributed by atoms with Crippen molar-refractivity contribution in [3.8, 4) is 0 Å². The number of fused-ring (bicyclic) bond motifs is 1. The molecule has 0 saturated carbocycles. The predicted molar refractivity (Wildman–Crippen MR) is 102 cm³/mol. The number of nitrogens with zero attached hydrogens (tertiary/aromatic N) is 4. The zero-order chi connectivity index (χ0) is 17.3. The molecule has 0 N–H and O–H groups in total. The lowest BCUT2D eigenvalue weighted by molar-refractivity contribution is 0.0651. The van der Waals surface area contributed by atoms with Crippen LogP contribution < -0.4 is 0 Å². The number of carbonyl (C=O) groups is 1. The van der Waals surface area contributed by atoms with Crippen molar-refractivity contribution >= 4 is 43.0 Å². The third-order valence-electron chi connectivity index (χ3n) is 3.98. The van der Waals surface area contributed by atoms with E-state index < -0.39 is 10.0 Å². The molecule has 0 aliphatic carbocycles. The molecule has 3 rings (SSSR count). The van der Waals surface area contributed by atoms with Crippen LogP contribution in [-0.4, -0.2) is 69.6 Å². The van der Waals surface area contributed by atoms with Crippen molar-refractivity contribution in [1.82, 2.24) is 19.4 Å². The van der Waals surface area contributed by atoms with Crippen LogP contribution in [0.15, 0.2) is 17.0 Å². The van der Waals surface area contributed by atoms with Gasteiger partial charge >= 0.3 is 0 Å². The Balaban J connectivity index is 1.81. The lowest BCUT2D eigenvalue weighted by Gasteiger charge is -2.30. The summed E-state index contributed by atoms with van der Waals surface area (Å²) in [5.41, 5.74) is 1.92. The van der Waals surface area contributed by atoms with Crippen LogP contribution in [0, 0.1) is 0 Å². The fourth-order valence-corrected chi connectivity index (χ4v) is 3.34. The Morgan fingerprint density at radius 1 is 1.38 bits per heavy atom. The molecule has 0 radical (unpaired) electrons. The summed E-state index contributed by atoms with van der Waals surface area (Å²) in [5.74, 6) is 1.08. The van der Waals surface area contributed by atoms with Crippen molar-refractivity contribution in [3.05, 3.63) is 22.6 Å². The second-order valence-electron chi connectivity index (χ2n) is 6.86. The number of halogens is 1. The van der Waals surface area contributed by atoms with E-state index in [9.17, 15) is 4.79 Å². The third-order valence-corrected chi connectivity index (χ3v) is 5.75. The first-order valence-corrected chi connectivity index (χ1v) is 11.7. The van der Waals surface area contributed by atoms with Crippen LogP contribution >= 0.6 is 26.0 Å². The van der Waals surface area contributed by atoms with Crippen molar-refractivity contribution in [1.29, 1.82) is 0 Å². The SMILES string of the molecule is CS(C)(C)CCOCn1cc(C(=O)N2CCC2)c2nc(Br)cnc21. The molecule has 1 fully saturated rings. The van der Waals surface area contributed by atoms with Gasteiger partial charge in [-0.1, -0.05) is 0 Å². The Morgan fingerprint density at radius 2 is 2.12 bits per heavy atom. The summed E-state index contributed by atoms with van der Waals surface area (Å²) >= 11 is 3.34. The van der Waals surface area contributed by atoms with Crippen molar-refractivity contribution in [2.45, 2.75) is 13.2 Å². The maximum atomic E-state index is 12.6. The lowest BCUT2D eigenvalue weighted by atomic mass is 10.1. The predicted octanol–water partition coefficient (Wildman–Crippen LogP) is 2.71. The quantitative estimate of drug-likeness (QED) is 0.681. The van der Waals surface area contributed by atoms with Crippen LogP contribution in [-0.2, 0) is 11.5 Å². The molecular formula is C16H23BrN4O2S. The second kappa shape index (κ2) is 7.01. The molecule has 1 saturated heterocycles. The van der Waals surface area contributed by atoms with E-state index >= 15 is 0 Å². The van der Waals surface area contributed by atoms with Gasteiger partial charge in [-0.25, -0.2) is 20.0 Å². The van der Waals surface area contributed by atoms with Crippen molar-refractivity contribution in [2.75, 3.05) is 44.2 Å².